The Kier molecular flexibility index (Phi) is 4.22. The highest BCUT2D eigenvalue weighted by atomic mass is 79.9. The molecule has 0 atom stereocenters. The molecule has 3 aromatic rings. The van der Waals surface area contributed by atoms with Gasteiger partial charge >= 0.3 is 0 Å². The minimum Gasteiger partial charge on any atom is -0.361 e. The summed E-state index contributed by atoms with van der Waals surface area (Å²) in [5.74, 6) is -0.180. The summed E-state index contributed by atoms with van der Waals surface area (Å²) in [5, 5.41) is 4.26. The van der Waals surface area contributed by atoms with Crippen molar-refractivity contribution in [3.05, 3.63) is 57.8 Å². The molecule has 2 aromatic carbocycles. The summed E-state index contributed by atoms with van der Waals surface area (Å²) >= 11 is 5.10. The fourth-order valence-electron chi connectivity index (χ4n) is 2.22. The van der Waals surface area contributed by atoms with Crippen molar-refractivity contribution in [2.45, 2.75) is 13.3 Å². The zero-order chi connectivity index (χ0) is 14.8. The van der Waals surface area contributed by atoms with E-state index in [1.807, 2.05) is 25.1 Å². The van der Waals surface area contributed by atoms with Crippen LogP contribution in [0.1, 0.15) is 11.1 Å². The number of thiazole rings is 1. The summed E-state index contributed by atoms with van der Waals surface area (Å²) in [6, 6.07) is 11.0. The Morgan fingerprint density at radius 2 is 2.10 bits per heavy atom. The lowest BCUT2D eigenvalue weighted by atomic mass is 10.1. The number of nitrogens with one attached hydrogen (secondary N) is 1. The van der Waals surface area contributed by atoms with Crippen molar-refractivity contribution in [1.29, 1.82) is 0 Å². The molecule has 1 heterocycles. The zero-order valence-corrected chi connectivity index (χ0v) is 13.9. The number of halogens is 2. The summed E-state index contributed by atoms with van der Waals surface area (Å²) in [4.78, 5) is 4.56. The number of nitrogens with zero attached hydrogens (tertiary/aromatic N) is 1. The minimum atomic E-state index is -0.180. The fraction of sp³-hybridized carbons (Fsp3) is 0.188. The van der Waals surface area contributed by atoms with Crippen molar-refractivity contribution < 1.29 is 4.39 Å². The molecule has 0 spiro atoms. The van der Waals surface area contributed by atoms with Crippen molar-refractivity contribution in [2.75, 3.05) is 11.9 Å². The van der Waals surface area contributed by atoms with Crippen LogP contribution in [0.25, 0.3) is 10.2 Å². The quantitative estimate of drug-likeness (QED) is 0.691. The smallest absolute Gasteiger partial charge is 0.183 e. The van der Waals surface area contributed by atoms with Gasteiger partial charge in [0, 0.05) is 11.0 Å². The number of rotatable bonds is 4. The maximum atomic E-state index is 13.1. The van der Waals surface area contributed by atoms with E-state index < -0.39 is 0 Å². The molecule has 0 aliphatic carbocycles. The Hall–Kier alpha value is -1.46. The van der Waals surface area contributed by atoms with E-state index in [0.29, 0.717) is 0 Å². The van der Waals surface area contributed by atoms with Crippen molar-refractivity contribution >= 4 is 42.6 Å². The lowest BCUT2D eigenvalue weighted by Gasteiger charge is -2.06. The molecule has 1 aromatic heterocycles. The molecule has 0 saturated carbocycles. The first-order valence-corrected chi connectivity index (χ1v) is 8.28. The van der Waals surface area contributed by atoms with Crippen LogP contribution in [0.2, 0.25) is 0 Å². The summed E-state index contributed by atoms with van der Waals surface area (Å²) < 4.78 is 15.3. The van der Waals surface area contributed by atoms with Crippen LogP contribution in [0.5, 0.6) is 0 Å². The second-order valence-electron chi connectivity index (χ2n) is 4.88. The minimum absolute atomic E-state index is 0.180. The third kappa shape index (κ3) is 3.41. The summed E-state index contributed by atoms with van der Waals surface area (Å²) in [5.41, 5.74) is 3.15. The van der Waals surface area contributed by atoms with Crippen molar-refractivity contribution in [3.8, 4) is 0 Å². The molecule has 0 aliphatic rings. The van der Waals surface area contributed by atoms with Crippen LogP contribution >= 0.6 is 27.3 Å². The monoisotopic (exact) mass is 364 g/mol. The first-order valence-electron chi connectivity index (χ1n) is 6.67. The number of fused-ring (bicyclic) bond motifs is 1. The van der Waals surface area contributed by atoms with Gasteiger partial charge < -0.3 is 5.32 Å². The molecule has 2 nitrogen and oxygen atoms in total. The Bertz CT molecular complexity index is 785. The molecule has 0 amide bonds. The van der Waals surface area contributed by atoms with E-state index in [4.69, 9.17) is 0 Å². The van der Waals surface area contributed by atoms with Crippen LogP contribution in [0.3, 0.4) is 0 Å². The largest absolute Gasteiger partial charge is 0.361 e. The number of anilines is 1. The molecule has 108 valence electrons. The Labute approximate surface area is 135 Å². The van der Waals surface area contributed by atoms with Gasteiger partial charge in [-0.3, -0.25) is 0 Å². The highest BCUT2D eigenvalue weighted by Crippen LogP contribution is 2.28. The van der Waals surface area contributed by atoms with Crippen LogP contribution in [0.4, 0.5) is 9.52 Å². The van der Waals surface area contributed by atoms with Gasteiger partial charge in [0.25, 0.3) is 0 Å². The van der Waals surface area contributed by atoms with E-state index in [1.165, 1.54) is 10.8 Å². The molecule has 3 rings (SSSR count). The van der Waals surface area contributed by atoms with E-state index in [2.05, 4.69) is 32.3 Å². The molecule has 0 bridgehead atoms. The molecule has 0 unspecified atom stereocenters. The van der Waals surface area contributed by atoms with E-state index >= 15 is 0 Å². The number of hydrogen-bond acceptors (Lipinski definition) is 3. The average Bonchev–Trinajstić information content (AvgIpc) is 2.83. The molecule has 5 heteroatoms. The van der Waals surface area contributed by atoms with Gasteiger partial charge in [0.05, 0.1) is 10.2 Å². The van der Waals surface area contributed by atoms with Gasteiger partial charge in [0.2, 0.25) is 0 Å². The second-order valence-corrected chi connectivity index (χ2v) is 6.82. The molecular weight excluding hydrogens is 351 g/mol. The van der Waals surface area contributed by atoms with Gasteiger partial charge in [-0.15, -0.1) is 0 Å². The van der Waals surface area contributed by atoms with Gasteiger partial charge in [0.1, 0.15) is 5.82 Å². The standard InChI is InChI=1S/C16H14BrFN2S/c1-10-8-13(18)4-2-11(10)6-7-19-16-20-14-9-12(17)3-5-15(14)21-16/h2-5,8-9H,6-7H2,1H3,(H,19,20). The van der Waals surface area contributed by atoms with Gasteiger partial charge in [0.15, 0.2) is 5.13 Å². The first-order chi connectivity index (χ1) is 10.1. The molecule has 1 N–H and O–H groups in total. The summed E-state index contributed by atoms with van der Waals surface area (Å²) in [6.45, 7) is 2.72. The fourth-order valence-corrected chi connectivity index (χ4v) is 3.44. The lowest BCUT2D eigenvalue weighted by Crippen LogP contribution is -2.05. The van der Waals surface area contributed by atoms with E-state index in [1.54, 1.807) is 17.4 Å². The highest BCUT2D eigenvalue weighted by molar-refractivity contribution is 9.10. The van der Waals surface area contributed by atoms with Gasteiger partial charge in [-0.05, 0) is 54.8 Å². The summed E-state index contributed by atoms with van der Waals surface area (Å²) in [6.07, 6.45) is 0.853. The second kappa shape index (κ2) is 6.12. The Balaban J connectivity index is 1.66. The third-order valence-corrected chi connectivity index (χ3v) is 4.81. The summed E-state index contributed by atoms with van der Waals surface area (Å²) in [7, 11) is 0. The topological polar surface area (TPSA) is 24.9 Å². The van der Waals surface area contributed by atoms with E-state index in [0.717, 1.165) is 39.2 Å². The van der Waals surface area contributed by atoms with Crippen molar-refractivity contribution in [3.63, 3.8) is 0 Å². The SMILES string of the molecule is Cc1cc(F)ccc1CCNc1nc2cc(Br)ccc2s1. The molecule has 0 aliphatic heterocycles. The van der Waals surface area contributed by atoms with Crippen LogP contribution in [0, 0.1) is 12.7 Å². The van der Waals surface area contributed by atoms with Crippen LogP contribution in [-0.2, 0) is 6.42 Å². The third-order valence-electron chi connectivity index (χ3n) is 3.32. The number of benzene rings is 2. The van der Waals surface area contributed by atoms with Gasteiger partial charge in [-0.25, -0.2) is 9.37 Å². The van der Waals surface area contributed by atoms with Crippen LogP contribution in [0.15, 0.2) is 40.9 Å². The lowest BCUT2D eigenvalue weighted by molar-refractivity contribution is 0.625. The maximum absolute atomic E-state index is 13.1. The molecular formula is C16H14BrFN2S. The number of aromatic nitrogens is 1. The normalized spacial score (nSPS) is 11.0. The van der Waals surface area contributed by atoms with Crippen LogP contribution in [-0.4, -0.2) is 11.5 Å². The van der Waals surface area contributed by atoms with Gasteiger partial charge in [-0.2, -0.15) is 0 Å². The van der Waals surface area contributed by atoms with E-state index in [9.17, 15) is 4.39 Å². The highest BCUT2D eigenvalue weighted by Gasteiger charge is 2.05. The van der Waals surface area contributed by atoms with Crippen molar-refractivity contribution in [1.82, 2.24) is 4.98 Å². The Morgan fingerprint density at radius 3 is 2.90 bits per heavy atom. The van der Waals surface area contributed by atoms with E-state index in [-0.39, 0.29) is 5.82 Å². The molecule has 0 fully saturated rings. The first kappa shape index (κ1) is 14.5. The molecule has 0 radical (unpaired) electrons. The van der Waals surface area contributed by atoms with Crippen LogP contribution < -0.4 is 5.32 Å². The van der Waals surface area contributed by atoms with Gasteiger partial charge in [-0.1, -0.05) is 33.3 Å². The maximum Gasteiger partial charge on any atom is 0.183 e. The molecule has 0 saturated heterocycles. The average molecular weight is 365 g/mol. The predicted molar refractivity (Wildman–Crippen MR) is 90.7 cm³/mol. The zero-order valence-electron chi connectivity index (χ0n) is 11.5. The number of aryl methyl sites for hydroxylation is 1. The Morgan fingerprint density at radius 1 is 1.24 bits per heavy atom. The number of hydrogen-bond donors (Lipinski definition) is 1. The van der Waals surface area contributed by atoms with Crippen molar-refractivity contribution in [2.24, 2.45) is 0 Å². The molecule has 21 heavy (non-hydrogen) atoms. The predicted octanol–water partition coefficient (Wildman–Crippen LogP) is 5.16.